The van der Waals surface area contributed by atoms with E-state index in [1.807, 2.05) is 0 Å². The number of hydrogen-bond donors (Lipinski definition) is 3. The molecular formula is C27H32F3N7O4. The van der Waals surface area contributed by atoms with Gasteiger partial charge in [-0.15, -0.1) is 0 Å². The van der Waals surface area contributed by atoms with Crippen molar-refractivity contribution in [3.8, 4) is 0 Å². The fraction of sp³-hybridized carbons (Fsp3) is 0.444. The first-order chi connectivity index (χ1) is 19.1. The fourth-order valence-electron chi connectivity index (χ4n) is 5.41. The number of nitrogens with zero attached hydrogens (tertiary/aromatic N) is 5. The average molecular weight is 576 g/mol. The number of fused-ring (bicyclic) bond motifs is 1. The van der Waals surface area contributed by atoms with Crippen molar-refractivity contribution >= 4 is 29.1 Å². The van der Waals surface area contributed by atoms with Gasteiger partial charge in [-0.25, -0.2) is 9.50 Å². The maximum atomic E-state index is 13.9. The summed E-state index contributed by atoms with van der Waals surface area (Å²) in [7, 11) is 0. The van der Waals surface area contributed by atoms with Gasteiger partial charge in [-0.1, -0.05) is 18.2 Å². The van der Waals surface area contributed by atoms with E-state index in [9.17, 15) is 32.7 Å². The Hall–Kier alpha value is -4.20. The number of carbonyl (C=O) groups excluding carboxylic acids is 3. The van der Waals surface area contributed by atoms with E-state index in [2.05, 4.69) is 15.4 Å². The SMILES string of the molecule is CC(=O)N1CCN(C(CNC(=O)c2ccccc2)C(C)(O)Cc2cc(C(F)(F)F)c3c(N)ncnn23)C(=O)C1(C)C. The largest absolute Gasteiger partial charge is 0.418 e. The summed E-state index contributed by atoms with van der Waals surface area (Å²) in [6.45, 7) is 5.84. The maximum Gasteiger partial charge on any atom is 0.418 e. The number of aromatic nitrogens is 3. The molecule has 2 unspecified atom stereocenters. The van der Waals surface area contributed by atoms with Crippen LogP contribution in [-0.2, 0) is 22.2 Å². The Bertz CT molecular complexity index is 1470. The standard InChI is InChI=1S/C27H32F3N7O4/c1-16(38)36-11-10-35(24(40)25(36,2)3)20(14-32-23(39)17-8-6-5-7-9-17)26(4,41)13-18-12-19(27(28,29)30)21-22(31)33-15-34-37(18)21/h5-9,12,15,20,41H,10-11,13-14H2,1-4H3,(H,32,39)(H2,31,33,34). The first-order valence-electron chi connectivity index (χ1n) is 12.9. The Morgan fingerprint density at radius 3 is 2.46 bits per heavy atom. The summed E-state index contributed by atoms with van der Waals surface area (Å²) in [5.41, 5.74) is 1.41. The molecule has 14 heteroatoms. The molecule has 0 aliphatic carbocycles. The number of nitrogens with two attached hydrogens (primary N) is 1. The van der Waals surface area contributed by atoms with Gasteiger partial charge in [0.25, 0.3) is 5.91 Å². The Morgan fingerprint density at radius 1 is 1.20 bits per heavy atom. The molecule has 41 heavy (non-hydrogen) atoms. The Morgan fingerprint density at radius 2 is 1.85 bits per heavy atom. The van der Waals surface area contributed by atoms with Gasteiger partial charge in [-0.05, 0) is 39.0 Å². The molecule has 3 heterocycles. The number of rotatable bonds is 7. The summed E-state index contributed by atoms with van der Waals surface area (Å²) in [6, 6.07) is 8.03. The normalized spacial score (nSPS) is 17.8. The minimum atomic E-state index is -4.78. The zero-order valence-electron chi connectivity index (χ0n) is 23.1. The summed E-state index contributed by atoms with van der Waals surface area (Å²) in [5.74, 6) is -1.64. The topological polar surface area (TPSA) is 146 Å². The number of aliphatic hydroxyl groups is 1. The predicted molar refractivity (Wildman–Crippen MR) is 142 cm³/mol. The lowest BCUT2D eigenvalue weighted by atomic mass is 9.86. The second-order valence-electron chi connectivity index (χ2n) is 10.8. The van der Waals surface area contributed by atoms with Gasteiger partial charge in [0.1, 0.15) is 17.4 Å². The molecule has 2 aromatic heterocycles. The third-order valence-electron chi connectivity index (χ3n) is 7.49. The number of anilines is 1. The summed E-state index contributed by atoms with van der Waals surface area (Å²) in [5, 5.41) is 18.5. The quantitative estimate of drug-likeness (QED) is 0.390. The molecule has 3 aromatic rings. The van der Waals surface area contributed by atoms with Crippen LogP contribution in [0.1, 0.15) is 49.3 Å². The van der Waals surface area contributed by atoms with Crippen molar-refractivity contribution in [2.45, 2.75) is 57.5 Å². The zero-order valence-corrected chi connectivity index (χ0v) is 23.1. The monoisotopic (exact) mass is 575 g/mol. The molecule has 1 saturated heterocycles. The molecule has 4 N–H and O–H groups in total. The highest BCUT2D eigenvalue weighted by Crippen LogP contribution is 2.37. The molecule has 0 spiro atoms. The van der Waals surface area contributed by atoms with Crippen LogP contribution in [0.15, 0.2) is 42.7 Å². The molecule has 1 aliphatic heterocycles. The van der Waals surface area contributed by atoms with Crippen LogP contribution in [0.2, 0.25) is 0 Å². The molecule has 0 radical (unpaired) electrons. The minimum Gasteiger partial charge on any atom is -0.388 e. The molecule has 1 fully saturated rings. The summed E-state index contributed by atoms with van der Waals surface area (Å²) >= 11 is 0. The molecule has 4 rings (SSSR count). The second kappa shape index (κ2) is 10.7. The van der Waals surface area contributed by atoms with E-state index in [0.717, 1.165) is 16.9 Å². The number of nitrogen functional groups attached to an aromatic ring is 1. The highest BCUT2D eigenvalue weighted by atomic mass is 19.4. The van der Waals surface area contributed by atoms with Crippen LogP contribution < -0.4 is 11.1 Å². The van der Waals surface area contributed by atoms with E-state index >= 15 is 0 Å². The molecular weight excluding hydrogens is 543 g/mol. The highest BCUT2D eigenvalue weighted by Gasteiger charge is 2.49. The molecule has 1 aromatic carbocycles. The first-order valence-corrected chi connectivity index (χ1v) is 12.9. The van der Waals surface area contributed by atoms with E-state index in [1.165, 1.54) is 23.6 Å². The van der Waals surface area contributed by atoms with E-state index in [-0.39, 0.29) is 37.1 Å². The van der Waals surface area contributed by atoms with Crippen LogP contribution in [0.3, 0.4) is 0 Å². The predicted octanol–water partition coefficient (Wildman–Crippen LogP) is 1.89. The van der Waals surface area contributed by atoms with Crippen molar-refractivity contribution in [2.24, 2.45) is 0 Å². The minimum absolute atomic E-state index is 0.0279. The molecule has 1 aliphatic rings. The Balaban J connectivity index is 1.73. The van der Waals surface area contributed by atoms with Crippen LogP contribution in [0.4, 0.5) is 19.0 Å². The molecule has 3 amide bonds. The van der Waals surface area contributed by atoms with Crippen molar-refractivity contribution in [3.05, 3.63) is 59.5 Å². The first kappa shape index (κ1) is 29.8. The molecule has 11 nitrogen and oxygen atoms in total. The summed E-state index contributed by atoms with van der Waals surface area (Å²) in [6.07, 6.45) is -4.17. The molecule has 0 saturated carbocycles. The summed E-state index contributed by atoms with van der Waals surface area (Å²) in [4.78, 5) is 45.3. The van der Waals surface area contributed by atoms with Gasteiger partial charge in [0, 0.05) is 44.2 Å². The number of amides is 3. The number of alkyl halides is 3. The van der Waals surface area contributed by atoms with E-state index in [1.54, 1.807) is 44.2 Å². The van der Waals surface area contributed by atoms with Gasteiger partial charge in [0.15, 0.2) is 5.82 Å². The smallest absolute Gasteiger partial charge is 0.388 e. The number of hydrogen-bond acceptors (Lipinski definition) is 7. The van der Waals surface area contributed by atoms with Gasteiger partial charge in [-0.3, -0.25) is 14.4 Å². The van der Waals surface area contributed by atoms with Gasteiger partial charge >= 0.3 is 6.18 Å². The molecule has 2 atom stereocenters. The third-order valence-corrected chi connectivity index (χ3v) is 7.49. The van der Waals surface area contributed by atoms with Crippen LogP contribution in [-0.4, -0.2) is 84.0 Å². The Kier molecular flexibility index (Phi) is 7.74. The van der Waals surface area contributed by atoms with E-state index in [4.69, 9.17) is 5.73 Å². The van der Waals surface area contributed by atoms with Crippen molar-refractivity contribution in [1.82, 2.24) is 29.7 Å². The van der Waals surface area contributed by atoms with Crippen molar-refractivity contribution < 1.29 is 32.7 Å². The number of benzene rings is 1. The average Bonchev–Trinajstić information content (AvgIpc) is 3.26. The van der Waals surface area contributed by atoms with Crippen LogP contribution in [0.5, 0.6) is 0 Å². The van der Waals surface area contributed by atoms with Gasteiger partial charge in [0.05, 0.1) is 17.2 Å². The second-order valence-corrected chi connectivity index (χ2v) is 10.8. The fourth-order valence-corrected chi connectivity index (χ4v) is 5.41. The lowest BCUT2D eigenvalue weighted by molar-refractivity contribution is -0.165. The van der Waals surface area contributed by atoms with Gasteiger partial charge in [0.2, 0.25) is 11.8 Å². The maximum absolute atomic E-state index is 13.9. The lowest BCUT2D eigenvalue weighted by Crippen LogP contribution is -2.70. The third kappa shape index (κ3) is 5.69. The van der Waals surface area contributed by atoms with Gasteiger partial charge < -0.3 is 26.0 Å². The van der Waals surface area contributed by atoms with Crippen LogP contribution in [0.25, 0.3) is 5.52 Å². The number of piperazine rings is 1. The van der Waals surface area contributed by atoms with Crippen molar-refractivity contribution in [3.63, 3.8) is 0 Å². The van der Waals surface area contributed by atoms with Gasteiger partial charge in [-0.2, -0.15) is 18.3 Å². The number of nitrogens with one attached hydrogen (secondary N) is 1. The van der Waals surface area contributed by atoms with Crippen LogP contribution >= 0.6 is 0 Å². The molecule has 0 bridgehead atoms. The lowest BCUT2D eigenvalue weighted by Gasteiger charge is -2.50. The van der Waals surface area contributed by atoms with Crippen molar-refractivity contribution in [2.75, 3.05) is 25.4 Å². The Labute approximate surface area is 234 Å². The van der Waals surface area contributed by atoms with Crippen LogP contribution in [0, 0.1) is 0 Å². The van der Waals surface area contributed by atoms with Crippen molar-refractivity contribution in [1.29, 1.82) is 0 Å². The van der Waals surface area contributed by atoms with E-state index in [0.29, 0.717) is 5.56 Å². The number of carbonyl (C=O) groups is 3. The zero-order chi connectivity index (χ0) is 30.3. The van der Waals surface area contributed by atoms with E-state index < -0.39 is 52.7 Å². The number of halogens is 3. The summed E-state index contributed by atoms with van der Waals surface area (Å²) < 4.78 is 42.6. The molecule has 220 valence electrons. The highest BCUT2D eigenvalue weighted by molar-refractivity contribution is 5.94.